The van der Waals surface area contributed by atoms with Gasteiger partial charge in [0, 0.05) is 19.6 Å². The van der Waals surface area contributed by atoms with Crippen molar-refractivity contribution in [1.29, 1.82) is 0 Å². The number of carbonyl (C=O) groups excluding carboxylic acids is 2. The minimum Gasteiger partial charge on any atom is -0.342 e. The van der Waals surface area contributed by atoms with Crippen LogP contribution in [0.5, 0.6) is 0 Å². The molecule has 2 fully saturated rings. The SMILES string of the molecule is O=C1CNCC(C(=O)N2CCC(CCc3ccccc3)CC2)N1. The van der Waals surface area contributed by atoms with E-state index in [1.54, 1.807) is 0 Å². The topological polar surface area (TPSA) is 61.4 Å². The normalized spacial score (nSPS) is 22.7. The molecule has 124 valence electrons. The van der Waals surface area contributed by atoms with Crippen LogP contribution >= 0.6 is 0 Å². The lowest BCUT2D eigenvalue weighted by Crippen LogP contribution is -2.59. The Morgan fingerprint density at radius 1 is 1.17 bits per heavy atom. The van der Waals surface area contributed by atoms with Crippen molar-refractivity contribution in [3.63, 3.8) is 0 Å². The lowest BCUT2D eigenvalue weighted by Gasteiger charge is -2.35. The lowest BCUT2D eigenvalue weighted by molar-refractivity contribution is -0.138. The van der Waals surface area contributed by atoms with Gasteiger partial charge in [-0.05, 0) is 37.2 Å². The minimum absolute atomic E-state index is 0.0621. The fraction of sp³-hybridized carbons (Fsp3) is 0.556. The van der Waals surface area contributed by atoms with Gasteiger partial charge in [0.25, 0.3) is 0 Å². The van der Waals surface area contributed by atoms with Gasteiger partial charge in [-0.3, -0.25) is 9.59 Å². The van der Waals surface area contributed by atoms with E-state index in [-0.39, 0.29) is 11.8 Å². The zero-order chi connectivity index (χ0) is 16.1. The van der Waals surface area contributed by atoms with E-state index < -0.39 is 6.04 Å². The van der Waals surface area contributed by atoms with E-state index in [9.17, 15) is 9.59 Å². The van der Waals surface area contributed by atoms with Crippen LogP contribution in [0.4, 0.5) is 0 Å². The largest absolute Gasteiger partial charge is 0.342 e. The lowest BCUT2D eigenvalue weighted by atomic mass is 9.90. The predicted molar refractivity (Wildman–Crippen MR) is 88.9 cm³/mol. The molecule has 2 aliphatic heterocycles. The quantitative estimate of drug-likeness (QED) is 0.869. The Labute approximate surface area is 137 Å². The Morgan fingerprint density at radius 2 is 1.91 bits per heavy atom. The first-order valence-electron chi connectivity index (χ1n) is 8.55. The maximum Gasteiger partial charge on any atom is 0.246 e. The van der Waals surface area contributed by atoms with Crippen LogP contribution in [0.1, 0.15) is 24.8 Å². The molecule has 1 aromatic carbocycles. The average molecular weight is 315 g/mol. The number of hydrogen-bond donors (Lipinski definition) is 2. The molecule has 5 nitrogen and oxygen atoms in total. The summed E-state index contributed by atoms with van der Waals surface area (Å²) in [7, 11) is 0. The zero-order valence-corrected chi connectivity index (χ0v) is 13.5. The fourth-order valence-corrected chi connectivity index (χ4v) is 3.45. The van der Waals surface area contributed by atoms with Gasteiger partial charge >= 0.3 is 0 Å². The van der Waals surface area contributed by atoms with E-state index in [0.717, 1.165) is 32.4 Å². The molecular weight excluding hydrogens is 290 g/mol. The van der Waals surface area contributed by atoms with Crippen LogP contribution in [0.3, 0.4) is 0 Å². The molecule has 2 saturated heterocycles. The van der Waals surface area contributed by atoms with Crippen LogP contribution in [0, 0.1) is 5.92 Å². The van der Waals surface area contributed by atoms with Crippen molar-refractivity contribution in [2.75, 3.05) is 26.2 Å². The number of benzene rings is 1. The first-order chi connectivity index (χ1) is 11.2. The Hall–Kier alpha value is -1.88. The van der Waals surface area contributed by atoms with Gasteiger partial charge in [0.1, 0.15) is 6.04 Å². The number of carbonyl (C=O) groups is 2. The van der Waals surface area contributed by atoms with E-state index in [0.29, 0.717) is 19.0 Å². The Morgan fingerprint density at radius 3 is 2.61 bits per heavy atom. The van der Waals surface area contributed by atoms with Gasteiger partial charge in [-0.15, -0.1) is 0 Å². The molecule has 1 atom stereocenters. The molecule has 5 heteroatoms. The summed E-state index contributed by atoms with van der Waals surface area (Å²) < 4.78 is 0. The Balaban J connectivity index is 1.43. The first-order valence-corrected chi connectivity index (χ1v) is 8.55. The maximum atomic E-state index is 12.5. The highest BCUT2D eigenvalue weighted by atomic mass is 16.2. The summed E-state index contributed by atoms with van der Waals surface area (Å²) in [5.74, 6) is 0.665. The molecule has 0 bridgehead atoms. The molecule has 2 aliphatic rings. The van der Waals surface area contributed by atoms with Crippen LogP contribution in [-0.4, -0.2) is 48.9 Å². The van der Waals surface area contributed by atoms with Crippen molar-refractivity contribution in [1.82, 2.24) is 15.5 Å². The third-order valence-corrected chi connectivity index (χ3v) is 4.88. The second-order valence-corrected chi connectivity index (χ2v) is 6.54. The summed E-state index contributed by atoms with van der Waals surface area (Å²) in [6.45, 7) is 2.47. The average Bonchev–Trinajstić information content (AvgIpc) is 2.61. The number of rotatable bonds is 4. The Kier molecular flexibility index (Phi) is 5.28. The minimum atomic E-state index is -0.392. The first kappa shape index (κ1) is 16.0. The van der Waals surface area contributed by atoms with Gasteiger partial charge in [-0.25, -0.2) is 0 Å². The number of aryl methyl sites for hydroxylation is 1. The highest BCUT2D eigenvalue weighted by molar-refractivity contribution is 5.89. The smallest absolute Gasteiger partial charge is 0.246 e. The van der Waals surface area contributed by atoms with Crippen molar-refractivity contribution in [2.45, 2.75) is 31.7 Å². The van der Waals surface area contributed by atoms with Crippen LogP contribution in [0.2, 0.25) is 0 Å². The van der Waals surface area contributed by atoms with Gasteiger partial charge in [-0.1, -0.05) is 30.3 Å². The number of nitrogens with zero attached hydrogens (tertiary/aromatic N) is 1. The van der Waals surface area contributed by atoms with E-state index in [1.165, 1.54) is 12.0 Å². The third kappa shape index (κ3) is 4.32. The monoisotopic (exact) mass is 315 g/mol. The van der Waals surface area contributed by atoms with Gasteiger partial charge in [0.05, 0.1) is 6.54 Å². The molecule has 0 spiro atoms. The summed E-state index contributed by atoms with van der Waals surface area (Å²) in [6.07, 6.45) is 4.43. The highest BCUT2D eigenvalue weighted by Crippen LogP contribution is 2.23. The number of piperazine rings is 1. The van der Waals surface area contributed by atoms with E-state index in [1.807, 2.05) is 11.0 Å². The molecule has 1 unspecified atom stereocenters. The van der Waals surface area contributed by atoms with Crippen molar-refractivity contribution >= 4 is 11.8 Å². The second-order valence-electron chi connectivity index (χ2n) is 6.54. The van der Waals surface area contributed by atoms with Gasteiger partial charge in [0.15, 0.2) is 0 Å². The zero-order valence-electron chi connectivity index (χ0n) is 13.5. The molecule has 23 heavy (non-hydrogen) atoms. The van der Waals surface area contributed by atoms with E-state index in [2.05, 4.69) is 34.9 Å². The van der Waals surface area contributed by atoms with Crippen LogP contribution < -0.4 is 10.6 Å². The summed E-state index contributed by atoms with van der Waals surface area (Å²) in [5.41, 5.74) is 1.39. The van der Waals surface area contributed by atoms with Crippen LogP contribution in [0.15, 0.2) is 30.3 Å². The molecule has 0 aliphatic carbocycles. The van der Waals surface area contributed by atoms with Gasteiger partial charge < -0.3 is 15.5 Å². The second kappa shape index (κ2) is 7.59. The molecule has 2 heterocycles. The maximum absolute atomic E-state index is 12.5. The number of amides is 2. The van der Waals surface area contributed by atoms with Crippen molar-refractivity contribution in [2.24, 2.45) is 5.92 Å². The molecule has 0 saturated carbocycles. The summed E-state index contributed by atoms with van der Waals surface area (Å²) in [5, 5.41) is 5.77. The molecule has 1 aromatic rings. The molecule has 0 radical (unpaired) electrons. The van der Waals surface area contributed by atoms with Gasteiger partial charge in [0.2, 0.25) is 11.8 Å². The number of likely N-dealkylation sites (tertiary alicyclic amines) is 1. The summed E-state index contributed by atoms with van der Waals surface area (Å²) in [6, 6.07) is 10.2. The molecule has 2 amide bonds. The number of nitrogens with one attached hydrogen (secondary N) is 2. The molecule has 3 rings (SSSR count). The third-order valence-electron chi connectivity index (χ3n) is 4.88. The van der Waals surface area contributed by atoms with Crippen molar-refractivity contribution < 1.29 is 9.59 Å². The summed E-state index contributed by atoms with van der Waals surface area (Å²) in [4.78, 5) is 25.8. The van der Waals surface area contributed by atoms with Crippen LogP contribution in [-0.2, 0) is 16.0 Å². The van der Waals surface area contributed by atoms with Crippen molar-refractivity contribution in [3.8, 4) is 0 Å². The predicted octanol–water partition coefficient (Wildman–Crippen LogP) is 0.946. The number of hydrogen-bond acceptors (Lipinski definition) is 3. The van der Waals surface area contributed by atoms with Crippen molar-refractivity contribution in [3.05, 3.63) is 35.9 Å². The number of piperidine rings is 1. The van der Waals surface area contributed by atoms with E-state index >= 15 is 0 Å². The Bertz CT molecular complexity index is 538. The standard InChI is InChI=1S/C18H25N3O2/c22-17-13-19-12-16(20-17)18(23)21-10-8-15(9-11-21)7-6-14-4-2-1-3-5-14/h1-5,15-16,19H,6-13H2,(H,20,22). The summed E-state index contributed by atoms with van der Waals surface area (Å²) >= 11 is 0. The molecular formula is C18H25N3O2. The molecule has 0 aromatic heterocycles. The van der Waals surface area contributed by atoms with E-state index in [4.69, 9.17) is 0 Å². The highest BCUT2D eigenvalue weighted by Gasteiger charge is 2.30. The fourth-order valence-electron chi connectivity index (χ4n) is 3.45. The van der Waals surface area contributed by atoms with Crippen LogP contribution in [0.25, 0.3) is 0 Å². The van der Waals surface area contributed by atoms with Gasteiger partial charge in [-0.2, -0.15) is 0 Å². The molecule has 2 N–H and O–H groups in total.